The Bertz CT molecular complexity index is 929. The summed E-state index contributed by atoms with van der Waals surface area (Å²) in [5, 5.41) is 21.4. The second-order valence-electron chi connectivity index (χ2n) is 11.3. The highest BCUT2D eigenvalue weighted by molar-refractivity contribution is 7.79. The van der Waals surface area contributed by atoms with Crippen molar-refractivity contribution < 1.29 is 23.4 Å². The molecule has 0 fully saturated rings. The molecule has 1 heterocycles. The predicted octanol–water partition coefficient (Wildman–Crippen LogP) is 9.63. The molecule has 39 heavy (non-hydrogen) atoms. The Morgan fingerprint density at radius 1 is 1.18 bits per heavy atom. The van der Waals surface area contributed by atoms with E-state index in [-0.39, 0.29) is 11.8 Å². The number of alkyl halides is 3. The number of halogens is 3. The normalized spacial score (nSPS) is 17.5. The minimum absolute atomic E-state index is 0.0143. The van der Waals surface area contributed by atoms with Gasteiger partial charge in [0, 0.05) is 22.5 Å². The highest BCUT2D eigenvalue weighted by atomic mass is 32.1. The second-order valence-corrected chi connectivity index (χ2v) is 11.3. The number of aliphatic hydroxyl groups excluding tert-OH is 2. The maximum atomic E-state index is 13.0. The third-order valence-electron chi connectivity index (χ3n) is 6.44. The summed E-state index contributed by atoms with van der Waals surface area (Å²) in [6.45, 7) is 24.2. The maximum absolute atomic E-state index is 13.0. The van der Waals surface area contributed by atoms with Gasteiger partial charge in [-0.25, -0.2) is 0 Å². The molecule has 2 atom stereocenters. The Hall–Kier alpha value is -1.57. The molecule has 0 spiro atoms. The lowest BCUT2D eigenvalue weighted by atomic mass is 9.73. The Kier molecular flexibility index (Phi) is 18.2. The van der Waals surface area contributed by atoms with Gasteiger partial charge < -0.3 is 10.2 Å². The first-order valence-electron chi connectivity index (χ1n) is 13.9. The quantitative estimate of drug-likeness (QED) is 0.235. The number of nitrogens with zero attached hydrogens (tertiary/aromatic N) is 1. The van der Waals surface area contributed by atoms with Crippen molar-refractivity contribution in [2.24, 2.45) is 10.8 Å². The van der Waals surface area contributed by atoms with E-state index in [1.165, 1.54) is 12.5 Å². The molecule has 2 rings (SSSR count). The van der Waals surface area contributed by atoms with E-state index in [0.29, 0.717) is 23.8 Å². The number of fused-ring (bicyclic) bond motifs is 1. The van der Waals surface area contributed by atoms with Gasteiger partial charge in [0.15, 0.2) is 0 Å². The third kappa shape index (κ3) is 13.6. The third-order valence-corrected chi connectivity index (χ3v) is 6.44. The molecule has 1 aromatic heterocycles. The molecule has 0 aliphatic heterocycles. The van der Waals surface area contributed by atoms with Crippen LogP contribution in [-0.2, 0) is 12.8 Å². The smallest absolute Gasteiger partial charge is 0.388 e. The van der Waals surface area contributed by atoms with Crippen LogP contribution in [0.5, 0.6) is 0 Å². The Morgan fingerprint density at radius 2 is 1.69 bits per heavy atom. The molecule has 3 nitrogen and oxygen atoms in total. The van der Waals surface area contributed by atoms with E-state index in [4.69, 9.17) is 4.98 Å². The zero-order valence-corrected chi connectivity index (χ0v) is 27.0. The van der Waals surface area contributed by atoms with E-state index in [9.17, 15) is 23.4 Å². The lowest BCUT2D eigenvalue weighted by Gasteiger charge is -2.36. The van der Waals surface area contributed by atoms with Crippen LogP contribution >= 0.6 is 12.6 Å². The monoisotopic (exact) mass is 573 g/mol. The van der Waals surface area contributed by atoms with Crippen LogP contribution in [0.15, 0.2) is 36.5 Å². The summed E-state index contributed by atoms with van der Waals surface area (Å²) in [5.74, 6) is 0. The van der Waals surface area contributed by atoms with Gasteiger partial charge in [-0.3, -0.25) is 4.98 Å². The van der Waals surface area contributed by atoms with Crippen molar-refractivity contribution in [1.82, 2.24) is 4.98 Å². The summed E-state index contributed by atoms with van der Waals surface area (Å²) in [6, 6.07) is 0. The van der Waals surface area contributed by atoms with E-state index in [1.54, 1.807) is 6.26 Å². The fourth-order valence-corrected chi connectivity index (χ4v) is 4.11. The average molecular weight is 574 g/mol. The van der Waals surface area contributed by atoms with E-state index >= 15 is 0 Å². The van der Waals surface area contributed by atoms with E-state index in [2.05, 4.69) is 60.8 Å². The predicted molar refractivity (Wildman–Crippen MR) is 164 cm³/mol. The van der Waals surface area contributed by atoms with E-state index in [0.717, 1.165) is 47.2 Å². The molecular weight excluding hydrogens is 519 g/mol. The van der Waals surface area contributed by atoms with Gasteiger partial charge in [0.1, 0.15) is 0 Å². The fourth-order valence-electron chi connectivity index (χ4n) is 4.11. The van der Waals surface area contributed by atoms with Crippen LogP contribution in [0.2, 0.25) is 0 Å². The van der Waals surface area contributed by atoms with Crippen LogP contribution in [0.1, 0.15) is 122 Å². The van der Waals surface area contributed by atoms with Gasteiger partial charge in [-0.15, -0.1) is 0 Å². The maximum Gasteiger partial charge on any atom is 0.416 e. The van der Waals surface area contributed by atoms with Crippen molar-refractivity contribution >= 4 is 12.6 Å². The Morgan fingerprint density at radius 3 is 2.10 bits per heavy atom. The minimum Gasteiger partial charge on any atom is -0.388 e. The Labute approximate surface area is 242 Å². The summed E-state index contributed by atoms with van der Waals surface area (Å²) in [4.78, 5) is 4.72. The first-order chi connectivity index (χ1) is 18.0. The molecule has 2 unspecified atom stereocenters. The molecule has 1 aliphatic rings. The first-order valence-corrected chi connectivity index (χ1v) is 14.8. The molecule has 0 saturated carbocycles. The highest BCUT2D eigenvalue weighted by Gasteiger charge is 2.35. The largest absolute Gasteiger partial charge is 0.416 e. The van der Waals surface area contributed by atoms with Crippen LogP contribution in [0.3, 0.4) is 0 Å². The number of thiol groups is 1. The van der Waals surface area contributed by atoms with E-state index < -0.39 is 24.0 Å². The summed E-state index contributed by atoms with van der Waals surface area (Å²) >= 11 is 3.53. The number of hydrogen-bond acceptors (Lipinski definition) is 4. The van der Waals surface area contributed by atoms with Crippen molar-refractivity contribution in [2.45, 2.75) is 120 Å². The van der Waals surface area contributed by atoms with Gasteiger partial charge in [-0.2, -0.15) is 25.8 Å². The van der Waals surface area contributed by atoms with Gasteiger partial charge >= 0.3 is 6.18 Å². The molecule has 0 aromatic carbocycles. The number of aromatic nitrogens is 1. The summed E-state index contributed by atoms with van der Waals surface area (Å²) < 4.78 is 38.9. The van der Waals surface area contributed by atoms with Crippen LogP contribution < -0.4 is 0 Å². The SMILES string of the molecule is C=C/C=C(\C=C/CC(O)c1c(CC)nc2c(c1C)C(O)CC(C)(C)C2)C(F)(F)F.CC.CCC(C)(C)C.CS. The number of pyridine rings is 1. The van der Waals surface area contributed by atoms with Gasteiger partial charge in [0.05, 0.1) is 17.8 Å². The number of aryl methyl sites for hydroxylation is 1. The Balaban J connectivity index is 0. The second kappa shape index (κ2) is 18.0. The highest BCUT2D eigenvalue weighted by Crippen LogP contribution is 2.43. The summed E-state index contributed by atoms with van der Waals surface area (Å²) in [6.07, 6.45) is 3.00. The lowest BCUT2D eigenvalue weighted by molar-refractivity contribution is -0.0882. The lowest BCUT2D eigenvalue weighted by Crippen LogP contribution is -2.28. The van der Waals surface area contributed by atoms with Gasteiger partial charge in [0.25, 0.3) is 0 Å². The molecule has 0 saturated heterocycles. The molecule has 0 radical (unpaired) electrons. The molecule has 1 aromatic rings. The van der Waals surface area contributed by atoms with E-state index in [1.807, 2.05) is 27.7 Å². The van der Waals surface area contributed by atoms with Crippen molar-refractivity contribution in [3.63, 3.8) is 0 Å². The van der Waals surface area contributed by atoms with Gasteiger partial charge in [-0.1, -0.05) is 99.6 Å². The molecule has 0 bridgehead atoms. The van der Waals surface area contributed by atoms with Crippen molar-refractivity contribution in [2.75, 3.05) is 6.26 Å². The molecule has 0 amide bonds. The summed E-state index contributed by atoms with van der Waals surface area (Å²) in [7, 11) is 0. The van der Waals surface area contributed by atoms with Crippen LogP contribution in [-0.4, -0.2) is 27.6 Å². The first kappa shape index (κ1) is 39.6. The van der Waals surface area contributed by atoms with Gasteiger partial charge in [0.2, 0.25) is 0 Å². The number of rotatable bonds is 6. The number of aliphatic hydroxyl groups is 2. The summed E-state index contributed by atoms with van der Waals surface area (Å²) in [5.41, 5.74) is 3.37. The van der Waals surface area contributed by atoms with Crippen molar-refractivity contribution in [3.05, 3.63) is 64.5 Å². The zero-order valence-electron chi connectivity index (χ0n) is 26.1. The van der Waals surface area contributed by atoms with Crippen LogP contribution in [0.4, 0.5) is 13.2 Å². The standard InChI is InChI=1S/C23H30F3NO2.C6H14.C2H6.CH4S/c1-6-9-15(23(24,25)26)10-8-11-18(28)20-14(3)21-17(27-16(20)7-2)12-22(4,5)13-19(21)29;1-5-6(2,3)4;2*1-2/h6,8-10,18-19,28-29H,1,7,11-13H2,2-5H3;5H2,1-4H3;1-2H3;2H,1H3/b10-8-,15-9+;;;. The fraction of sp³-hybridized carbons (Fsp3) is 0.656. The van der Waals surface area contributed by atoms with Gasteiger partial charge in [-0.05, 0) is 55.3 Å². The number of hydrogen-bond donors (Lipinski definition) is 3. The molecular formula is C32H54F3NO2S. The van der Waals surface area contributed by atoms with Crippen LogP contribution in [0, 0.1) is 17.8 Å². The van der Waals surface area contributed by atoms with Crippen LogP contribution in [0.25, 0.3) is 0 Å². The molecule has 7 heteroatoms. The van der Waals surface area contributed by atoms with Crippen molar-refractivity contribution in [1.29, 1.82) is 0 Å². The molecule has 2 N–H and O–H groups in total. The van der Waals surface area contributed by atoms with Crippen molar-refractivity contribution in [3.8, 4) is 0 Å². The molecule has 226 valence electrons. The molecule has 1 aliphatic carbocycles. The zero-order chi connectivity index (χ0) is 31.2. The number of allylic oxidation sites excluding steroid dienone is 4. The minimum atomic E-state index is -4.48. The topological polar surface area (TPSA) is 53.4 Å². The average Bonchev–Trinajstić information content (AvgIpc) is 2.83.